The molecule has 5 aliphatic carbocycles. The van der Waals surface area contributed by atoms with Crippen LogP contribution in [-0.2, 0) is 33.2 Å². The van der Waals surface area contributed by atoms with E-state index in [1.807, 2.05) is 0 Å². The lowest BCUT2D eigenvalue weighted by Crippen LogP contribution is -2.67. The fourth-order valence-corrected chi connectivity index (χ4v) is 14.8. The fraction of sp³-hybridized carbons (Fsp3) is 0.936. The number of ether oxygens (including phenoxy) is 6. The Labute approximate surface area is 371 Å². The number of rotatable bonds is 8. The van der Waals surface area contributed by atoms with E-state index >= 15 is 0 Å². The first-order valence-electron chi connectivity index (χ1n) is 23.6. The van der Waals surface area contributed by atoms with Crippen LogP contribution in [0.25, 0.3) is 0 Å². The van der Waals surface area contributed by atoms with Crippen molar-refractivity contribution in [3.05, 3.63) is 11.6 Å². The van der Waals surface area contributed by atoms with Gasteiger partial charge < -0.3 is 74.4 Å². The number of carbonyl (C=O) groups is 1. The largest absolute Gasteiger partial charge is 0.481 e. The van der Waals surface area contributed by atoms with E-state index in [-0.39, 0.29) is 46.2 Å². The Bertz CT molecular complexity index is 1720. The Balaban J connectivity index is 1.03. The van der Waals surface area contributed by atoms with E-state index in [2.05, 4.69) is 54.5 Å². The summed E-state index contributed by atoms with van der Waals surface area (Å²) in [6.07, 6.45) is -10.7. The van der Waals surface area contributed by atoms with Crippen molar-refractivity contribution >= 4 is 5.97 Å². The second kappa shape index (κ2) is 16.7. The van der Waals surface area contributed by atoms with Crippen LogP contribution in [0.5, 0.6) is 0 Å². The predicted octanol–water partition coefficient (Wildman–Crippen LogP) is 2.37. The summed E-state index contributed by atoms with van der Waals surface area (Å²) in [5.74, 6) is -0.0241. The van der Waals surface area contributed by atoms with Crippen LogP contribution in [0.3, 0.4) is 0 Å². The van der Waals surface area contributed by atoms with Crippen molar-refractivity contribution in [1.82, 2.24) is 0 Å². The number of hydrogen-bond acceptors (Lipinski definition) is 15. The topological polar surface area (TPSA) is 255 Å². The molecule has 16 unspecified atom stereocenters. The number of aliphatic hydroxyl groups is 8. The van der Waals surface area contributed by atoms with Gasteiger partial charge in [0, 0.05) is 0 Å². The molecule has 7 fully saturated rings. The molecule has 63 heavy (non-hydrogen) atoms. The predicted molar refractivity (Wildman–Crippen MR) is 223 cm³/mol. The Morgan fingerprint density at radius 2 is 1.38 bits per heavy atom. The number of fused-ring (bicyclic) bond motifs is 7. The first-order chi connectivity index (χ1) is 29.4. The summed E-state index contributed by atoms with van der Waals surface area (Å²) < 4.78 is 36.7. The third-order valence-electron chi connectivity index (χ3n) is 18.9. The summed E-state index contributed by atoms with van der Waals surface area (Å²) in [6, 6.07) is 0. The van der Waals surface area contributed by atoms with Crippen molar-refractivity contribution in [2.45, 2.75) is 212 Å². The first kappa shape index (κ1) is 48.1. The van der Waals surface area contributed by atoms with E-state index < -0.39 is 109 Å². The van der Waals surface area contributed by atoms with Crippen molar-refractivity contribution in [3.63, 3.8) is 0 Å². The molecule has 16 nitrogen and oxygen atoms in total. The average molecular weight is 897 g/mol. The van der Waals surface area contributed by atoms with Crippen LogP contribution >= 0.6 is 0 Å². The number of carboxylic acid groups (broad SMARTS) is 1. The summed E-state index contributed by atoms with van der Waals surface area (Å²) in [5, 5.41) is 96.7. The van der Waals surface area contributed by atoms with Crippen molar-refractivity contribution in [1.29, 1.82) is 0 Å². The maximum atomic E-state index is 13.1. The molecule has 8 rings (SSSR count). The molecule has 3 aliphatic heterocycles. The van der Waals surface area contributed by atoms with Crippen molar-refractivity contribution in [2.75, 3.05) is 13.2 Å². The van der Waals surface area contributed by atoms with E-state index in [4.69, 9.17) is 28.4 Å². The number of aliphatic hydroxyl groups excluding tert-OH is 8. The SMILES string of the molecule is CC1OC(OC2C(OC3C(OC4CC[C@@]5(C)C(CC[C@]6(C)[C@@H]5CC=C5[C@H]7CC(C)(C)CC[C@]7(C(=O)O)CC[C@]56C)C4(C)C)OCC(O)C3O)OC(CO)C(O)C2O)C(O)C(O)C1O. The van der Waals surface area contributed by atoms with E-state index in [9.17, 15) is 50.8 Å². The van der Waals surface area contributed by atoms with E-state index in [1.165, 1.54) is 12.5 Å². The van der Waals surface area contributed by atoms with Crippen molar-refractivity contribution < 1.29 is 79.2 Å². The standard InChI is InChI=1S/C47H76O16/c1-22-30(50)33(53)35(55)38(59-22)62-37-34(54)32(52)26(20-48)60-40(37)63-36-31(51)25(49)21-58-39(36)61-29-12-13-44(6)27(43(29,4)5)11-14-46(8)28(44)10-9-23-24-19-42(2,3)15-17-47(24,41(56)57)18-16-45(23,46)7/h9,22,24-40,48-55H,10-21H2,1-8H3,(H,56,57)/t22?,24-,25?,26?,27?,28-,29?,30?,31?,32?,33?,34?,35?,36?,37?,38?,39?,40?,44+,45-,46-,47+/m1/s1. The van der Waals surface area contributed by atoms with Crippen LogP contribution in [0.15, 0.2) is 11.6 Å². The summed E-state index contributed by atoms with van der Waals surface area (Å²) in [7, 11) is 0. The normalized spacial score (nSPS) is 54.1. The Morgan fingerprint density at radius 1 is 0.714 bits per heavy atom. The van der Waals surface area contributed by atoms with Crippen LogP contribution < -0.4 is 0 Å². The quantitative estimate of drug-likeness (QED) is 0.125. The maximum absolute atomic E-state index is 13.1. The second-order valence-corrected chi connectivity index (χ2v) is 23.0. The lowest BCUT2D eigenvalue weighted by Gasteiger charge is -2.71. The van der Waals surface area contributed by atoms with Gasteiger partial charge in [0.05, 0.1) is 30.8 Å². The van der Waals surface area contributed by atoms with E-state index in [0.717, 1.165) is 51.4 Å². The molecule has 22 atom stereocenters. The first-order valence-corrected chi connectivity index (χ1v) is 23.6. The molecule has 0 amide bonds. The summed E-state index contributed by atoms with van der Waals surface area (Å²) >= 11 is 0. The molecular weight excluding hydrogens is 821 g/mol. The molecule has 0 bridgehead atoms. The van der Waals surface area contributed by atoms with Crippen molar-refractivity contribution in [2.24, 2.45) is 50.2 Å². The Hall–Kier alpha value is -1.35. The van der Waals surface area contributed by atoms with Gasteiger partial charge in [-0.05, 0) is 116 Å². The third-order valence-corrected chi connectivity index (χ3v) is 18.9. The molecule has 360 valence electrons. The molecule has 0 aromatic heterocycles. The highest BCUT2D eigenvalue weighted by molar-refractivity contribution is 5.76. The second-order valence-electron chi connectivity index (χ2n) is 23.0. The number of aliphatic carboxylic acids is 1. The summed E-state index contributed by atoms with van der Waals surface area (Å²) in [6.45, 7) is 16.9. The number of allylic oxidation sites excluding steroid dienone is 2. The van der Waals surface area contributed by atoms with E-state index in [0.29, 0.717) is 18.8 Å². The third kappa shape index (κ3) is 7.51. The van der Waals surface area contributed by atoms with Crippen LogP contribution in [0.1, 0.15) is 120 Å². The molecule has 9 N–H and O–H groups in total. The van der Waals surface area contributed by atoms with Gasteiger partial charge >= 0.3 is 5.97 Å². The number of hydrogen-bond donors (Lipinski definition) is 9. The van der Waals surface area contributed by atoms with Crippen LogP contribution in [0, 0.1) is 50.2 Å². The Kier molecular flexibility index (Phi) is 12.8. The smallest absolute Gasteiger partial charge is 0.310 e. The minimum atomic E-state index is -1.79. The van der Waals surface area contributed by atoms with Gasteiger partial charge in [-0.25, -0.2) is 0 Å². The zero-order chi connectivity index (χ0) is 46.0. The summed E-state index contributed by atoms with van der Waals surface area (Å²) in [5.41, 5.74) is 0.124. The maximum Gasteiger partial charge on any atom is 0.310 e. The van der Waals surface area contributed by atoms with Gasteiger partial charge in [-0.15, -0.1) is 0 Å². The molecule has 3 heterocycles. The molecule has 4 saturated carbocycles. The van der Waals surface area contributed by atoms with Gasteiger partial charge in [0.2, 0.25) is 0 Å². The van der Waals surface area contributed by atoms with Gasteiger partial charge in [-0.1, -0.05) is 60.1 Å². The molecule has 3 saturated heterocycles. The highest BCUT2D eigenvalue weighted by Crippen LogP contribution is 2.76. The highest BCUT2D eigenvalue weighted by Gasteiger charge is 2.70. The van der Waals surface area contributed by atoms with Crippen LogP contribution in [-0.4, -0.2) is 157 Å². The molecule has 0 radical (unpaired) electrons. The molecule has 0 spiro atoms. The minimum absolute atomic E-state index is 0.0300. The molecule has 8 aliphatic rings. The monoisotopic (exact) mass is 897 g/mol. The molecule has 16 heteroatoms. The number of carboxylic acids is 1. The fourth-order valence-electron chi connectivity index (χ4n) is 14.8. The lowest BCUT2D eigenvalue weighted by atomic mass is 9.33. The molecular formula is C47H76O16. The molecule has 0 aromatic rings. The zero-order valence-electron chi connectivity index (χ0n) is 38.3. The minimum Gasteiger partial charge on any atom is -0.481 e. The van der Waals surface area contributed by atoms with Crippen LogP contribution in [0.2, 0.25) is 0 Å². The van der Waals surface area contributed by atoms with Gasteiger partial charge in [-0.3, -0.25) is 4.79 Å². The van der Waals surface area contributed by atoms with Crippen molar-refractivity contribution in [3.8, 4) is 0 Å². The van der Waals surface area contributed by atoms with Gasteiger partial charge in [0.1, 0.15) is 61.0 Å². The van der Waals surface area contributed by atoms with Gasteiger partial charge in [0.15, 0.2) is 18.9 Å². The zero-order valence-corrected chi connectivity index (χ0v) is 38.3. The molecule has 0 aromatic carbocycles. The Morgan fingerprint density at radius 3 is 2.06 bits per heavy atom. The average Bonchev–Trinajstić information content (AvgIpc) is 3.21. The summed E-state index contributed by atoms with van der Waals surface area (Å²) in [4.78, 5) is 13.1. The van der Waals surface area contributed by atoms with E-state index in [1.54, 1.807) is 0 Å². The van der Waals surface area contributed by atoms with Crippen LogP contribution in [0.4, 0.5) is 0 Å². The lowest BCUT2D eigenvalue weighted by molar-refractivity contribution is -0.392. The highest BCUT2D eigenvalue weighted by atomic mass is 16.8. The van der Waals surface area contributed by atoms with Gasteiger partial charge in [-0.2, -0.15) is 0 Å². The van der Waals surface area contributed by atoms with Gasteiger partial charge in [0.25, 0.3) is 0 Å².